The van der Waals surface area contributed by atoms with Crippen LogP contribution < -0.4 is 15.4 Å². The second kappa shape index (κ2) is 9.94. The summed E-state index contributed by atoms with van der Waals surface area (Å²) in [6.07, 6.45) is 1.02. The van der Waals surface area contributed by atoms with Gasteiger partial charge in [0.05, 0.1) is 16.8 Å². The van der Waals surface area contributed by atoms with Crippen molar-refractivity contribution in [1.82, 2.24) is 9.69 Å². The molecule has 0 aliphatic carbocycles. The molecule has 0 saturated heterocycles. The number of halogens is 1. The fourth-order valence-corrected chi connectivity index (χ4v) is 4.35. The number of nitrogens with one attached hydrogen (secondary N) is 2. The minimum absolute atomic E-state index is 0.762. The summed E-state index contributed by atoms with van der Waals surface area (Å²) >= 11 is 7.66. The molecule has 6 heteroatoms. The van der Waals surface area contributed by atoms with Crippen LogP contribution in [0.2, 0.25) is 5.02 Å². The van der Waals surface area contributed by atoms with Gasteiger partial charge in [0.2, 0.25) is 0 Å². The zero-order valence-corrected chi connectivity index (χ0v) is 18.4. The molecule has 3 aromatic carbocycles. The normalized spacial score (nSPS) is 11.0. The number of ether oxygens (including phenoxy) is 1. The average Bonchev–Trinajstić information content (AvgIpc) is 3.21. The van der Waals surface area contributed by atoms with E-state index in [1.807, 2.05) is 24.3 Å². The van der Waals surface area contributed by atoms with Gasteiger partial charge in [-0.2, -0.15) is 4.37 Å². The quantitative estimate of drug-likeness (QED) is 0.305. The van der Waals surface area contributed by atoms with Crippen LogP contribution in [-0.2, 0) is 6.54 Å². The third-order valence-corrected chi connectivity index (χ3v) is 6.30. The van der Waals surface area contributed by atoms with E-state index in [-0.39, 0.29) is 0 Å². The van der Waals surface area contributed by atoms with Crippen molar-refractivity contribution in [2.75, 3.05) is 25.5 Å². The molecule has 0 aliphatic rings. The Balaban J connectivity index is 1.20. The first-order valence-corrected chi connectivity index (χ1v) is 11.1. The van der Waals surface area contributed by atoms with Crippen LogP contribution in [0.1, 0.15) is 12.0 Å². The van der Waals surface area contributed by atoms with E-state index in [9.17, 15) is 0 Å². The highest BCUT2D eigenvalue weighted by atomic mass is 35.5. The van der Waals surface area contributed by atoms with Crippen molar-refractivity contribution in [2.24, 2.45) is 0 Å². The number of aromatic nitrogens is 1. The molecule has 2 N–H and O–H groups in total. The van der Waals surface area contributed by atoms with Gasteiger partial charge in [0, 0.05) is 18.5 Å². The molecule has 0 aliphatic heterocycles. The zero-order chi connectivity index (χ0) is 20.8. The standard InChI is InChI=1S/C24H24ClN3OS/c1-29-20-12-10-19(11-13-20)18-8-6-17(7-9-18)16-26-14-3-15-27-24-21-4-2-5-22(25)23(21)30-28-24/h2,4-13,26H,3,14-16H2,1H3,(H,27,28). The minimum atomic E-state index is 0.762. The second-order valence-electron chi connectivity index (χ2n) is 7.03. The van der Waals surface area contributed by atoms with Gasteiger partial charge in [-0.05, 0) is 65.5 Å². The van der Waals surface area contributed by atoms with Gasteiger partial charge in [-0.1, -0.05) is 54.1 Å². The lowest BCUT2D eigenvalue weighted by molar-refractivity contribution is 0.415. The van der Waals surface area contributed by atoms with E-state index in [4.69, 9.17) is 16.3 Å². The maximum absolute atomic E-state index is 6.22. The molecule has 4 rings (SSSR count). The predicted molar refractivity (Wildman–Crippen MR) is 128 cm³/mol. The Labute approximate surface area is 186 Å². The Morgan fingerprint density at radius 2 is 1.67 bits per heavy atom. The van der Waals surface area contributed by atoms with Gasteiger partial charge in [-0.25, -0.2) is 0 Å². The van der Waals surface area contributed by atoms with Gasteiger partial charge in [0.1, 0.15) is 11.6 Å². The Kier molecular flexibility index (Phi) is 6.84. The average molecular weight is 438 g/mol. The number of nitrogens with zero attached hydrogens (tertiary/aromatic N) is 1. The van der Waals surface area contributed by atoms with Crippen molar-refractivity contribution in [3.05, 3.63) is 77.3 Å². The number of fused-ring (bicyclic) bond motifs is 1. The van der Waals surface area contributed by atoms with Crippen LogP contribution in [0.4, 0.5) is 5.82 Å². The van der Waals surface area contributed by atoms with Crippen LogP contribution in [0.5, 0.6) is 5.75 Å². The molecule has 4 nitrogen and oxygen atoms in total. The Bertz CT molecular complexity index is 1090. The topological polar surface area (TPSA) is 46.2 Å². The van der Waals surface area contributed by atoms with E-state index >= 15 is 0 Å². The summed E-state index contributed by atoms with van der Waals surface area (Å²) in [5.41, 5.74) is 3.68. The first kappa shape index (κ1) is 20.7. The lowest BCUT2D eigenvalue weighted by Gasteiger charge is -2.08. The van der Waals surface area contributed by atoms with Gasteiger partial charge in [0.15, 0.2) is 0 Å². The van der Waals surface area contributed by atoms with Gasteiger partial charge in [-0.15, -0.1) is 0 Å². The van der Waals surface area contributed by atoms with Crippen LogP contribution in [0.25, 0.3) is 21.2 Å². The first-order valence-electron chi connectivity index (χ1n) is 9.96. The van der Waals surface area contributed by atoms with E-state index in [0.717, 1.165) is 52.7 Å². The summed E-state index contributed by atoms with van der Waals surface area (Å²) in [5.74, 6) is 1.80. The molecule has 154 valence electrons. The highest BCUT2D eigenvalue weighted by Gasteiger charge is 2.07. The summed E-state index contributed by atoms with van der Waals surface area (Å²) in [5, 5.41) is 8.78. The molecular weight excluding hydrogens is 414 g/mol. The van der Waals surface area contributed by atoms with Crippen molar-refractivity contribution >= 4 is 39.0 Å². The fraction of sp³-hybridized carbons (Fsp3) is 0.208. The highest BCUT2D eigenvalue weighted by molar-refractivity contribution is 7.14. The maximum Gasteiger partial charge on any atom is 0.147 e. The highest BCUT2D eigenvalue weighted by Crippen LogP contribution is 2.32. The molecule has 0 spiro atoms. The van der Waals surface area contributed by atoms with Crippen molar-refractivity contribution < 1.29 is 4.74 Å². The molecule has 0 radical (unpaired) electrons. The van der Waals surface area contributed by atoms with Crippen molar-refractivity contribution in [1.29, 1.82) is 0 Å². The van der Waals surface area contributed by atoms with E-state index in [0.29, 0.717) is 0 Å². The largest absolute Gasteiger partial charge is 0.497 e. The Morgan fingerprint density at radius 1 is 0.933 bits per heavy atom. The van der Waals surface area contributed by atoms with Crippen molar-refractivity contribution in [3.63, 3.8) is 0 Å². The zero-order valence-electron chi connectivity index (χ0n) is 16.8. The Hall–Kier alpha value is -2.60. The van der Waals surface area contributed by atoms with Crippen molar-refractivity contribution in [3.8, 4) is 16.9 Å². The van der Waals surface area contributed by atoms with Gasteiger partial charge in [-0.3, -0.25) is 0 Å². The minimum Gasteiger partial charge on any atom is -0.497 e. The lowest BCUT2D eigenvalue weighted by atomic mass is 10.0. The van der Waals surface area contributed by atoms with Gasteiger partial charge >= 0.3 is 0 Å². The first-order chi connectivity index (χ1) is 14.7. The summed E-state index contributed by atoms with van der Waals surface area (Å²) in [7, 11) is 1.68. The fourth-order valence-electron chi connectivity index (χ4n) is 3.31. The molecular formula is C24H24ClN3OS. The number of methoxy groups -OCH3 is 1. The molecule has 0 bridgehead atoms. The third kappa shape index (κ3) is 4.93. The van der Waals surface area contributed by atoms with E-state index in [2.05, 4.69) is 57.5 Å². The number of hydrogen-bond acceptors (Lipinski definition) is 5. The Morgan fingerprint density at radius 3 is 2.40 bits per heavy atom. The molecule has 0 unspecified atom stereocenters. The number of benzene rings is 3. The van der Waals surface area contributed by atoms with Crippen LogP contribution in [0.3, 0.4) is 0 Å². The monoisotopic (exact) mass is 437 g/mol. The van der Waals surface area contributed by atoms with E-state index in [1.165, 1.54) is 28.2 Å². The van der Waals surface area contributed by atoms with E-state index in [1.54, 1.807) is 7.11 Å². The SMILES string of the molecule is COc1ccc(-c2ccc(CNCCCNc3nsc4c(Cl)cccc34)cc2)cc1. The predicted octanol–water partition coefficient (Wildman–Crippen LogP) is 6.22. The van der Waals surface area contributed by atoms with Gasteiger partial charge < -0.3 is 15.4 Å². The second-order valence-corrected chi connectivity index (χ2v) is 8.21. The molecule has 0 fully saturated rings. The molecule has 30 heavy (non-hydrogen) atoms. The number of anilines is 1. The summed E-state index contributed by atoms with van der Waals surface area (Å²) in [6, 6.07) is 22.7. The van der Waals surface area contributed by atoms with Gasteiger partial charge in [0.25, 0.3) is 0 Å². The van der Waals surface area contributed by atoms with E-state index < -0.39 is 0 Å². The summed E-state index contributed by atoms with van der Waals surface area (Å²) < 4.78 is 10.7. The molecule has 0 atom stereocenters. The van der Waals surface area contributed by atoms with Crippen molar-refractivity contribution in [2.45, 2.75) is 13.0 Å². The van der Waals surface area contributed by atoms with Crippen LogP contribution in [-0.4, -0.2) is 24.6 Å². The maximum atomic E-state index is 6.22. The number of rotatable bonds is 9. The smallest absolute Gasteiger partial charge is 0.147 e. The van der Waals surface area contributed by atoms with Crippen LogP contribution in [0.15, 0.2) is 66.7 Å². The molecule has 0 saturated carbocycles. The third-order valence-electron chi connectivity index (χ3n) is 4.98. The summed E-state index contributed by atoms with van der Waals surface area (Å²) in [4.78, 5) is 0. The molecule has 0 amide bonds. The number of hydrogen-bond donors (Lipinski definition) is 2. The molecule has 1 heterocycles. The lowest BCUT2D eigenvalue weighted by Crippen LogP contribution is -2.17. The van der Waals surface area contributed by atoms with Crippen LogP contribution in [0, 0.1) is 0 Å². The molecule has 4 aromatic rings. The van der Waals surface area contributed by atoms with Crippen LogP contribution >= 0.6 is 23.1 Å². The molecule has 1 aromatic heterocycles. The summed E-state index contributed by atoms with van der Waals surface area (Å²) in [6.45, 7) is 2.67.